The van der Waals surface area contributed by atoms with Crippen LogP contribution >= 0.6 is 0 Å². The first-order valence-electron chi connectivity index (χ1n) is 8.98. The van der Waals surface area contributed by atoms with E-state index in [0.717, 1.165) is 30.8 Å². The molecule has 1 aliphatic rings. The minimum Gasteiger partial charge on any atom is -0.452 e. The van der Waals surface area contributed by atoms with Crippen molar-refractivity contribution in [2.24, 2.45) is 11.8 Å². The molecule has 0 radical (unpaired) electrons. The molecule has 0 unspecified atom stereocenters. The summed E-state index contributed by atoms with van der Waals surface area (Å²) in [5.41, 5.74) is 2.45. The lowest BCUT2D eigenvalue weighted by atomic mass is 9.78. The smallest absolute Gasteiger partial charge is 0.340 e. The number of hydrogen-bond donors (Lipinski definition) is 1. The second-order valence-electron chi connectivity index (χ2n) is 7.05. The second kappa shape index (κ2) is 7.86. The van der Waals surface area contributed by atoms with Crippen molar-refractivity contribution < 1.29 is 14.3 Å². The second-order valence-corrected chi connectivity index (χ2v) is 7.05. The molecule has 134 valence electrons. The molecule has 1 amide bonds. The molecule has 1 aliphatic carbocycles. The van der Waals surface area contributed by atoms with Crippen LogP contribution in [0.5, 0.6) is 0 Å². The number of esters is 1. The minimum atomic E-state index is -0.428. The number of ether oxygens (including phenoxy) is 1. The van der Waals surface area contributed by atoms with Gasteiger partial charge >= 0.3 is 5.97 Å². The van der Waals surface area contributed by atoms with Gasteiger partial charge in [-0.05, 0) is 45.1 Å². The molecule has 24 heavy (non-hydrogen) atoms. The normalized spacial score (nSPS) is 23.8. The summed E-state index contributed by atoms with van der Waals surface area (Å²) in [4.78, 5) is 24.4. The summed E-state index contributed by atoms with van der Waals surface area (Å²) >= 11 is 0. The zero-order valence-electron chi connectivity index (χ0n) is 15.5. The third kappa shape index (κ3) is 4.00. The van der Waals surface area contributed by atoms with Crippen molar-refractivity contribution >= 4 is 11.9 Å². The number of hydrogen-bond acceptors (Lipinski definition) is 3. The first-order valence-corrected chi connectivity index (χ1v) is 8.98. The number of aromatic nitrogens is 1. The monoisotopic (exact) mass is 334 g/mol. The van der Waals surface area contributed by atoms with Gasteiger partial charge < -0.3 is 14.6 Å². The Morgan fingerprint density at radius 2 is 2.00 bits per heavy atom. The molecule has 0 saturated heterocycles. The summed E-state index contributed by atoms with van der Waals surface area (Å²) < 4.78 is 7.28. The maximum Gasteiger partial charge on any atom is 0.340 e. The zero-order chi connectivity index (χ0) is 17.9. The van der Waals surface area contributed by atoms with Crippen LogP contribution in [0.3, 0.4) is 0 Å². The van der Waals surface area contributed by atoms with E-state index >= 15 is 0 Å². The first kappa shape index (κ1) is 18.6. The van der Waals surface area contributed by atoms with E-state index < -0.39 is 5.97 Å². The molecule has 1 aromatic rings. The van der Waals surface area contributed by atoms with Gasteiger partial charge in [-0.1, -0.05) is 26.7 Å². The first-order chi connectivity index (χ1) is 11.3. The number of carbonyl (C=O) groups is 2. The van der Waals surface area contributed by atoms with Crippen LogP contribution in [0.2, 0.25) is 0 Å². The van der Waals surface area contributed by atoms with Gasteiger partial charge in [-0.3, -0.25) is 4.79 Å². The Labute approximate surface area is 144 Å². The fraction of sp³-hybridized carbons (Fsp3) is 0.684. The summed E-state index contributed by atoms with van der Waals surface area (Å²) in [6.45, 7) is 10.9. The number of nitrogens with zero attached hydrogens (tertiary/aromatic N) is 1. The predicted octanol–water partition coefficient (Wildman–Crippen LogP) is 3.22. The van der Waals surface area contributed by atoms with Crippen LogP contribution in [0.15, 0.2) is 6.07 Å². The van der Waals surface area contributed by atoms with Crippen molar-refractivity contribution in [3.8, 4) is 0 Å². The highest BCUT2D eigenvalue weighted by atomic mass is 16.5. The van der Waals surface area contributed by atoms with Gasteiger partial charge in [0.05, 0.1) is 5.56 Å². The molecule has 0 bridgehead atoms. The molecule has 2 rings (SSSR count). The number of rotatable bonds is 5. The summed E-state index contributed by atoms with van der Waals surface area (Å²) in [5.74, 6) is 0.439. The van der Waals surface area contributed by atoms with E-state index in [0.29, 0.717) is 17.4 Å². The van der Waals surface area contributed by atoms with E-state index in [9.17, 15) is 9.59 Å². The third-order valence-corrected chi connectivity index (χ3v) is 5.50. The average Bonchev–Trinajstić information content (AvgIpc) is 2.83. The molecule has 1 fully saturated rings. The fourth-order valence-electron chi connectivity index (χ4n) is 3.74. The summed E-state index contributed by atoms with van der Waals surface area (Å²) in [6, 6.07) is 2.01. The quantitative estimate of drug-likeness (QED) is 0.841. The molecule has 1 saturated carbocycles. The van der Waals surface area contributed by atoms with Gasteiger partial charge in [0.2, 0.25) is 0 Å². The predicted molar refractivity (Wildman–Crippen MR) is 94.0 cm³/mol. The van der Waals surface area contributed by atoms with Gasteiger partial charge in [-0.2, -0.15) is 0 Å². The van der Waals surface area contributed by atoms with E-state index in [1.165, 1.54) is 6.42 Å². The van der Waals surface area contributed by atoms with Gasteiger partial charge in [-0.25, -0.2) is 4.79 Å². The van der Waals surface area contributed by atoms with Crippen LogP contribution in [-0.4, -0.2) is 29.1 Å². The fourth-order valence-corrected chi connectivity index (χ4v) is 3.74. The van der Waals surface area contributed by atoms with Crippen LogP contribution in [-0.2, 0) is 16.1 Å². The lowest BCUT2D eigenvalue weighted by Gasteiger charge is -2.34. The van der Waals surface area contributed by atoms with Crippen molar-refractivity contribution in [3.63, 3.8) is 0 Å². The molecule has 1 aromatic heterocycles. The summed E-state index contributed by atoms with van der Waals surface area (Å²) in [7, 11) is 0. The van der Waals surface area contributed by atoms with Crippen molar-refractivity contribution in [2.45, 2.75) is 66.5 Å². The van der Waals surface area contributed by atoms with Gasteiger partial charge in [0.25, 0.3) is 5.91 Å². The summed E-state index contributed by atoms with van der Waals surface area (Å²) in [6.07, 6.45) is 3.36. The molecular weight excluding hydrogens is 304 g/mol. The average molecular weight is 334 g/mol. The van der Waals surface area contributed by atoms with E-state index in [-0.39, 0.29) is 18.6 Å². The van der Waals surface area contributed by atoms with E-state index in [1.807, 2.05) is 26.8 Å². The Morgan fingerprint density at radius 1 is 1.29 bits per heavy atom. The molecule has 1 heterocycles. The SMILES string of the molecule is CCn1c(C)cc(C(=O)OCC(=O)N[C@@H]2CCC[C@@H](C)[C@@H]2C)c1C. The lowest BCUT2D eigenvalue weighted by molar-refractivity contribution is -0.125. The minimum absolute atomic E-state index is 0.185. The maximum atomic E-state index is 12.2. The van der Waals surface area contributed by atoms with Crippen LogP contribution in [0.4, 0.5) is 0 Å². The van der Waals surface area contributed by atoms with Crippen molar-refractivity contribution in [1.29, 1.82) is 0 Å². The topological polar surface area (TPSA) is 60.3 Å². The molecule has 3 atom stereocenters. The molecule has 0 aromatic carbocycles. The Kier molecular flexibility index (Phi) is 6.08. The Bertz CT molecular complexity index is 606. The standard InChI is InChI=1S/C19H30N2O3/c1-6-21-13(3)10-16(15(21)5)19(23)24-11-18(22)20-17-9-7-8-12(2)14(17)4/h10,12,14,17H,6-9,11H2,1-5H3,(H,20,22)/t12-,14+,17-/m1/s1. The van der Waals surface area contributed by atoms with Gasteiger partial charge in [-0.15, -0.1) is 0 Å². The van der Waals surface area contributed by atoms with Crippen molar-refractivity contribution in [1.82, 2.24) is 9.88 Å². The van der Waals surface area contributed by atoms with Gasteiger partial charge in [0, 0.05) is 24.0 Å². The zero-order valence-corrected chi connectivity index (χ0v) is 15.5. The number of aryl methyl sites for hydroxylation is 1. The molecule has 1 N–H and O–H groups in total. The van der Waals surface area contributed by atoms with E-state index in [1.54, 1.807) is 0 Å². The maximum absolute atomic E-state index is 12.2. The molecule has 5 nitrogen and oxygen atoms in total. The highest BCUT2D eigenvalue weighted by Crippen LogP contribution is 2.29. The van der Waals surface area contributed by atoms with Crippen molar-refractivity contribution in [3.05, 3.63) is 23.0 Å². The van der Waals surface area contributed by atoms with Crippen LogP contribution in [0, 0.1) is 25.7 Å². The number of amides is 1. The highest BCUT2D eigenvalue weighted by molar-refractivity contribution is 5.92. The lowest BCUT2D eigenvalue weighted by Crippen LogP contribution is -2.45. The third-order valence-electron chi connectivity index (χ3n) is 5.50. The molecular formula is C19H30N2O3. The Hall–Kier alpha value is -1.78. The highest BCUT2D eigenvalue weighted by Gasteiger charge is 2.28. The van der Waals surface area contributed by atoms with Crippen molar-refractivity contribution in [2.75, 3.05) is 6.61 Å². The van der Waals surface area contributed by atoms with Crippen LogP contribution < -0.4 is 5.32 Å². The van der Waals surface area contributed by atoms with Crippen LogP contribution in [0.1, 0.15) is 61.8 Å². The van der Waals surface area contributed by atoms with E-state index in [2.05, 4.69) is 23.7 Å². The molecule has 5 heteroatoms. The number of carbonyl (C=O) groups excluding carboxylic acids is 2. The molecule has 0 aliphatic heterocycles. The number of nitrogens with one attached hydrogen (secondary N) is 1. The Morgan fingerprint density at radius 3 is 2.62 bits per heavy atom. The van der Waals surface area contributed by atoms with Gasteiger partial charge in [0.1, 0.15) is 0 Å². The molecule has 0 spiro atoms. The van der Waals surface area contributed by atoms with E-state index in [4.69, 9.17) is 4.74 Å². The van der Waals surface area contributed by atoms with Crippen LogP contribution in [0.25, 0.3) is 0 Å². The van der Waals surface area contributed by atoms with Gasteiger partial charge in [0.15, 0.2) is 6.61 Å². The Balaban J connectivity index is 1.88. The summed E-state index contributed by atoms with van der Waals surface area (Å²) in [5, 5.41) is 3.03. The largest absolute Gasteiger partial charge is 0.452 e.